The topological polar surface area (TPSA) is 58.6 Å². The van der Waals surface area contributed by atoms with Gasteiger partial charge in [-0.05, 0) is 80.3 Å². The highest BCUT2D eigenvalue weighted by atomic mass is 79.9. The molecule has 0 saturated carbocycles. The summed E-state index contributed by atoms with van der Waals surface area (Å²) in [6.45, 7) is 2.25. The number of hydrogen-bond donors (Lipinski definition) is 1. The zero-order valence-corrected chi connectivity index (χ0v) is 17.4. The molecular weight excluding hydrogens is 483 g/mol. The molecule has 1 heterocycles. The summed E-state index contributed by atoms with van der Waals surface area (Å²) >= 11 is 6.89. The van der Waals surface area contributed by atoms with Gasteiger partial charge in [0.2, 0.25) is 0 Å². The normalized spacial score (nSPS) is 15.4. The van der Waals surface area contributed by atoms with Crippen LogP contribution in [0, 0.1) is 5.82 Å². The van der Waals surface area contributed by atoms with Gasteiger partial charge in [0, 0.05) is 6.54 Å². The molecule has 3 rings (SSSR count). The van der Waals surface area contributed by atoms with E-state index in [0.717, 1.165) is 4.90 Å². The van der Waals surface area contributed by atoms with Crippen LogP contribution < -0.4 is 10.1 Å². The number of rotatable bonds is 5. The maximum Gasteiger partial charge on any atom is 0.328 e. The first-order valence-electron chi connectivity index (χ1n) is 8.10. The number of imide groups is 1. The molecule has 0 unspecified atom stereocenters. The van der Waals surface area contributed by atoms with Crippen LogP contribution in [0.5, 0.6) is 5.75 Å². The van der Waals surface area contributed by atoms with Crippen LogP contribution in [0.2, 0.25) is 0 Å². The Balaban J connectivity index is 1.80. The Labute approximate surface area is 172 Å². The highest BCUT2D eigenvalue weighted by Gasteiger charge is 2.32. The van der Waals surface area contributed by atoms with E-state index >= 15 is 0 Å². The number of nitrogens with one attached hydrogen (secondary N) is 1. The molecule has 2 aromatic carbocycles. The van der Waals surface area contributed by atoms with Gasteiger partial charge in [-0.15, -0.1) is 0 Å². The van der Waals surface area contributed by atoms with E-state index in [0.29, 0.717) is 32.4 Å². The molecule has 5 nitrogen and oxygen atoms in total. The fraction of sp³-hybridized carbons (Fsp3) is 0.158. The summed E-state index contributed by atoms with van der Waals surface area (Å²) < 4.78 is 20.4. The summed E-state index contributed by atoms with van der Waals surface area (Å²) in [7, 11) is 0. The monoisotopic (exact) mass is 496 g/mol. The zero-order chi connectivity index (χ0) is 19.6. The lowest BCUT2D eigenvalue weighted by atomic mass is 10.2. The number of halogens is 3. The summed E-state index contributed by atoms with van der Waals surface area (Å²) in [5.74, 6) is -0.125. The molecule has 1 N–H and O–H groups in total. The molecule has 0 aliphatic carbocycles. The molecule has 0 spiro atoms. The van der Waals surface area contributed by atoms with E-state index in [-0.39, 0.29) is 24.0 Å². The lowest BCUT2D eigenvalue weighted by molar-refractivity contribution is -0.122. The van der Waals surface area contributed by atoms with Crippen molar-refractivity contribution in [2.24, 2.45) is 0 Å². The van der Waals surface area contributed by atoms with Crippen LogP contribution in [-0.2, 0) is 11.4 Å². The van der Waals surface area contributed by atoms with Gasteiger partial charge in [-0.2, -0.15) is 0 Å². The number of ether oxygens (including phenoxy) is 1. The van der Waals surface area contributed by atoms with E-state index in [4.69, 9.17) is 4.74 Å². The van der Waals surface area contributed by atoms with E-state index < -0.39 is 6.03 Å². The Bertz CT molecular complexity index is 923. The maximum atomic E-state index is 13.3. The van der Waals surface area contributed by atoms with Crippen LogP contribution in [0.1, 0.15) is 18.1 Å². The third-order valence-corrected chi connectivity index (χ3v) is 5.06. The first kappa shape index (κ1) is 19.6. The second kappa shape index (κ2) is 8.22. The van der Waals surface area contributed by atoms with Gasteiger partial charge in [-0.25, -0.2) is 9.18 Å². The van der Waals surface area contributed by atoms with Gasteiger partial charge in [0.25, 0.3) is 5.91 Å². The van der Waals surface area contributed by atoms with Gasteiger partial charge in [0.1, 0.15) is 23.9 Å². The number of nitrogens with zero attached hydrogens (tertiary/aromatic N) is 1. The van der Waals surface area contributed by atoms with Crippen molar-refractivity contribution in [1.82, 2.24) is 10.2 Å². The third kappa shape index (κ3) is 4.39. The Hall–Kier alpha value is -2.19. The molecule has 8 heteroatoms. The van der Waals surface area contributed by atoms with Crippen LogP contribution >= 0.6 is 31.9 Å². The summed E-state index contributed by atoms with van der Waals surface area (Å²) in [4.78, 5) is 25.0. The number of carbonyl (C=O) groups excluding carboxylic acids is 2. The van der Waals surface area contributed by atoms with E-state index in [1.165, 1.54) is 12.1 Å². The second-order valence-electron chi connectivity index (χ2n) is 5.77. The van der Waals surface area contributed by atoms with E-state index in [1.54, 1.807) is 37.3 Å². The predicted octanol–water partition coefficient (Wildman–Crippen LogP) is 4.84. The zero-order valence-electron chi connectivity index (χ0n) is 14.3. The number of amides is 3. The molecule has 2 aromatic rings. The highest BCUT2D eigenvalue weighted by molar-refractivity contribution is 9.11. The molecule has 3 amide bonds. The van der Waals surface area contributed by atoms with Crippen molar-refractivity contribution < 1.29 is 18.7 Å². The number of carbonyl (C=O) groups is 2. The van der Waals surface area contributed by atoms with Crippen molar-refractivity contribution in [1.29, 1.82) is 0 Å². The largest absolute Gasteiger partial charge is 0.487 e. The second-order valence-corrected chi connectivity index (χ2v) is 7.48. The number of likely N-dealkylation sites (N-methyl/N-ethyl adjacent to an activating group) is 1. The van der Waals surface area contributed by atoms with Crippen molar-refractivity contribution in [3.8, 4) is 5.75 Å². The van der Waals surface area contributed by atoms with E-state index in [1.807, 2.05) is 0 Å². The van der Waals surface area contributed by atoms with Gasteiger partial charge in [-0.3, -0.25) is 9.69 Å². The number of hydrogen-bond acceptors (Lipinski definition) is 3. The minimum Gasteiger partial charge on any atom is -0.487 e. The molecule has 0 radical (unpaired) electrons. The highest BCUT2D eigenvalue weighted by Crippen LogP contribution is 2.36. The standard InChI is InChI=1S/C19H15Br2FN2O3/c1-2-24-18(25)16(23-19(24)26)9-12-7-14(20)17(15(21)8-12)27-10-11-4-3-5-13(22)6-11/h3-9H,2,10H2,1H3,(H,23,26)/b16-9+. The summed E-state index contributed by atoms with van der Waals surface area (Å²) in [5.41, 5.74) is 1.63. The fourth-order valence-electron chi connectivity index (χ4n) is 2.61. The molecule has 1 saturated heterocycles. The van der Waals surface area contributed by atoms with Crippen molar-refractivity contribution in [2.75, 3.05) is 6.54 Å². The van der Waals surface area contributed by atoms with Crippen molar-refractivity contribution in [3.05, 3.63) is 68.0 Å². The van der Waals surface area contributed by atoms with Crippen LogP contribution in [0.15, 0.2) is 51.0 Å². The quantitative estimate of drug-likeness (QED) is 0.475. The Morgan fingerprint density at radius 3 is 2.48 bits per heavy atom. The first-order valence-corrected chi connectivity index (χ1v) is 9.68. The predicted molar refractivity (Wildman–Crippen MR) is 106 cm³/mol. The van der Waals surface area contributed by atoms with Crippen LogP contribution in [0.4, 0.5) is 9.18 Å². The maximum absolute atomic E-state index is 13.3. The molecule has 0 aromatic heterocycles. The molecule has 0 atom stereocenters. The van der Waals surface area contributed by atoms with Crippen molar-refractivity contribution in [3.63, 3.8) is 0 Å². The first-order chi connectivity index (χ1) is 12.9. The van der Waals surface area contributed by atoms with Gasteiger partial charge in [0.15, 0.2) is 0 Å². The van der Waals surface area contributed by atoms with Crippen molar-refractivity contribution >= 4 is 49.9 Å². The third-order valence-electron chi connectivity index (χ3n) is 3.88. The molecule has 1 aliphatic rings. The minimum atomic E-state index is -0.429. The Morgan fingerprint density at radius 1 is 1.19 bits per heavy atom. The summed E-state index contributed by atoms with van der Waals surface area (Å²) in [6.07, 6.45) is 1.60. The molecule has 0 bridgehead atoms. The van der Waals surface area contributed by atoms with Gasteiger partial charge < -0.3 is 10.1 Å². The average molecular weight is 498 g/mol. The lowest BCUT2D eigenvalue weighted by Crippen LogP contribution is -2.30. The van der Waals surface area contributed by atoms with Gasteiger partial charge in [0.05, 0.1) is 8.95 Å². The fourth-order valence-corrected chi connectivity index (χ4v) is 4.06. The summed E-state index contributed by atoms with van der Waals surface area (Å²) in [6, 6.07) is 9.30. The van der Waals surface area contributed by atoms with Crippen LogP contribution in [-0.4, -0.2) is 23.4 Å². The summed E-state index contributed by atoms with van der Waals surface area (Å²) in [5, 5.41) is 2.56. The number of benzene rings is 2. The van der Waals surface area contributed by atoms with Crippen LogP contribution in [0.3, 0.4) is 0 Å². The molecule has 1 fully saturated rings. The average Bonchev–Trinajstić information content (AvgIpc) is 2.87. The van der Waals surface area contributed by atoms with E-state index in [2.05, 4.69) is 37.2 Å². The van der Waals surface area contributed by atoms with E-state index in [9.17, 15) is 14.0 Å². The Kier molecular flexibility index (Phi) is 5.96. The molecule has 27 heavy (non-hydrogen) atoms. The molecule has 1 aliphatic heterocycles. The smallest absolute Gasteiger partial charge is 0.328 e. The minimum absolute atomic E-state index is 0.204. The van der Waals surface area contributed by atoms with Crippen molar-refractivity contribution in [2.45, 2.75) is 13.5 Å². The van der Waals surface area contributed by atoms with Crippen LogP contribution in [0.25, 0.3) is 6.08 Å². The lowest BCUT2D eigenvalue weighted by Gasteiger charge is -2.12. The molecule has 140 valence electrons. The Morgan fingerprint density at radius 2 is 1.89 bits per heavy atom. The molecular formula is C19H15Br2FN2O3. The van der Waals surface area contributed by atoms with Gasteiger partial charge in [-0.1, -0.05) is 12.1 Å². The number of urea groups is 1. The van der Waals surface area contributed by atoms with Gasteiger partial charge >= 0.3 is 6.03 Å². The SMILES string of the molecule is CCN1C(=O)N/C(=C/c2cc(Br)c(OCc3cccc(F)c3)c(Br)c2)C1=O.